The number of nitrogens with two attached hydrogens (primary N) is 1. The highest BCUT2D eigenvalue weighted by Gasteiger charge is 2.27. The van der Waals surface area contributed by atoms with Crippen LogP contribution in [0, 0.1) is 0 Å². The zero-order valence-electron chi connectivity index (χ0n) is 13.4. The second-order valence-electron chi connectivity index (χ2n) is 5.02. The molecule has 0 bridgehead atoms. The predicted octanol–water partition coefficient (Wildman–Crippen LogP) is 2.22. The Morgan fingerprint density at radius 2 is 1.50 bits per heavy atom. The lowest BCUT2D eigenvalue weighted by atomic mass is 9.95. The van der Waals surface area contributed by atoms with Gasteiger partial charge in [0, 0.05) is 5.56 Å². The number of aromatic nitrogens is 1. The first-order valence-electron chi connectivity index (χ1n) is 7.09. The molecule has 0 amide bonds. The normalized spacial score (nSPS) is 10.9. The first kappa shape index (κ1) is 20.5. The summed E-state index contributed by atoms with van der Waals surface area (Å²) >= 11 is 0. The highest BCUT2D eigenvalue weighted by molar-refractivity contribution is 6.07. The average molecular weight is 406 g/mol. The monoisotopic (exact) mass is 406 g/mol. The van der Waals surface area contributed by atoms with E-state index in [0.29, 0.717) is 12.1 Å². The van der Waals surface area contributed by atoms with Crippen molar-refractivity contribution in [1.29, 1.82) is 0 Å². The van der Waals surface area contributed by atoms with E-state index in [2.05, 4.69) is 9.47 Å². The van der Waals surface area contributed by atoms with E-state index in [0.717, 1.165) is 6.07 Å². The van der Waals surface area contributed by atoms with E-state index >= 15 is 0 Å². The van der Waals surface area contributed by atoms with Gasteiger partial charge in [-0.3, -0.25) is 4.79 Å². The summed E-state index contributed by atoms with van der Waals surface area (Å²) in [6, 6.07) is 2.22. The van der Waals surface area contributed by atoms with Gasteiger partial charge in [-0.2, -0.15) is 17.6 Å². The number of carbonyl (C=O) groups is 2. The molecular weight excluding hydrogens is 396 g/mol. The maximum absolute atomic E-state index is 12.6. The summed E-state index contributed by atoms with van der Waals surface area (Å²) in [5, 5.41) is 18.6. The van der Waals surface area contributed by atoms with Crippen molar-refractivity contribution in [3.63, 3.8) is 0 Å². The summed E-state index contributed by atoms with van der Waals surface area (Å²) in [5.41, 5.74) is 1.11. The van der Waals surface area contributed by atoms with Gasteiger partial charge in [0.1, 0.15) is 16.9 Å². The largest absolute Gasteiger partial charge is 0.478 e. The molecule has 0 aliphatic carbocycles. The molecule has 13 heteroatoms. The average Bonchev–Trinajstić information content (AvgIpc) is 2.53. The van der Waals surface area contributed by atoms with Crippen molar-refractivity contribution in [1.82, 2.24) is 4.98 Å². The molecule has 1 aromatic heterocycles. The smallest absolute Gasteiger partial charge is 0.387 e. The lowest BCUT2D eigenvalue weighted by Gasteiger charge is -2.16. The molecule has 0 fully saturated rings. The van der Waals surface area contributed by atoms with Gasteiger partial charge in [0.25, 0.3) is 5.56 Å². The number of rotatable bonds is 7. The number of nitrogens with one attached hydrogen (secondary N) is 1. The Kier molecular flexibility index (Phi) is 5.76. The third kappa shape index (κ3) is 4.13. The molecular formula is C15H10F4N2O7. The number of carboxylic acids is 2. The van der Waals surface area contributed by atoms with Crippen LogP contribution in [0.5, 0.6) is 11.5 Å². The van der Waals surface area contributed by atoms with Crippen LogP contribution in [-0.4, -0.2) is 40.4 Å². The molecule has 0 aliphatic rings. The van der Waals surface area contributed by atoms with Crippen molar-refractivity contribution in [3.05, 3.63) is 39.7 Å². The Balaban J connectivity index is 2.85. The molecule has 0 atom stereocenters. The molecule has 0 saturated carbocycles. The highest BCUT2D eigenvalue weighted by atomic mass is 19.3. The molecule has 5 N–H and O–H groups in total. The Hall–Kier alpha value is -3.77. The topological polar surface area (TPSA) is 152 Å². The second kappa shape index (κ2) is 7.85. The van der Waals surface area contributed by atoms with Gasteiger partial charge < -0.3 is 30.4 Å². The molecule has 1 aromatic carbocycles. The van der Waals surface area contributed by atoms with Crippen LogP contribution in [0.2, 0.25) is 0 Å². The van der Waals surface area contributed by atoms with Crippen molar-refractivity contribution in [3.8, 4) is 22.6 Å². The number of aromatic carboxylic acids is 2. The minimum atomic E-state index is -3.47. The van der Waals surface area contributed by atoms with Crippen LogP contribution >= 0.6 is 0 Å². The quantitative estimate of drug-likeness (QED) is 0.511. The number of hydrogen-bond acceptors (Lipinski definition) is 6. The molecule has 9 nitrogen and oxygen atoms in total. The number of halogens is 4. The summed E-state index contributed by atoms with van der Waals surface area (Å²) in [6.45, 7) is -6.87. The third-order valence-corrected chi connectivity index (χ3v) is 3.34. The van der Waals surface area contributed by atoms with E-state index in [9.17, 15) is 42.2 Å². The molecule has 0 radical (unpaired) electrons. The molecule has 0 aliphatic heterocycles. The van der Waals surface area contributed by atoms with Crippen molar-refractivity contribution in [2.24, 2.45) is 0 Å². The number of aromatic amines is 1. The Bertz CT molecular complexity index is 991. The fraction of sp³-hybridized carbons (Fsp3) is 0.133. The van der Waals surface area contributed by atoms with Crippen LogP contribution < -0.4 is 20.8 Å². The maximum atomic E-state index is 12.6. The molecule has 28 heavy (non-hydrogen) atoms. The number of carboxylic acid groups (broad SMARTS) is 2. The third-order valence-electron chi connectivity index (χ3n) is 3.34. The fourth-order valence-corrected chi connectivity index (χ4v) is 2.38. The van der Waals surface area contributed by atoms with Crippen LogP contribution in [0.25, 0.3) is 11.1 Å². The zero-order chi connectivity index (χ0) is 21.2. The van der Waals surface area contributed by atoms with Crippen LogP contribution in [0.1, 0.15) is 20.7 Å². The molecule has 1 heterocycles. The SMILES string of the molecule is Nc1[nH]c(=O)c(C(=O)O)c(-c2ccc(OC(F)F)c(OC(F)F)c2)c1C(=O)O. The number of anilines is 1. The van der Waals surface area contributed by atoms with Crippen LogP contribution in [0.4, 0.5) is 23.4 Å². The first-order valence-corrected chi connectivity index (χ1v) is 7.09. The molecule has 0 saturated heterocycles. The van der Waals surface area contributed by atoms with E-state index in [1.54, 1.807) is 0 Å². The molecule has 150 valence electrons. The molecule has 0 spiro atoms. The molecule has 2 rings (SSSR count). The van der Waals surface area contributed by atoms with Gasteiger partial charge in [-0.05, 0) is 17.7 Å². The Morgan fingerprint density at radius 1 is 0.964 bits per heavy atom. The maximum Gasteiger partial charge on any atom is 0.387 e. The number of alkyl halides is 4. The fourth-order valence-electron chi connectivity index (χ4n) is 2.38. The lowest BCUT2D eigenvalue weighted by molar-refractivity contribution is -0.0691. The predicted molar refractivity (Wildman–Crippen MR) is 84.1 cm³/mol. The van der Waals surface area contributed by atoms with Gasteiger partial charge in [-0.25, -0.2) is 9.59 Å². The summed E-state index contributed by atoms with van der Waals surface area (Å²) in [4.78, 5) is 36.7. The van der Waals surface area contributed by atoms with Gasteiger partial charge in [-0.1, -0.05) is 6.07 Å². The van der Waals surface area contributed by atoms with Crippen LogP contribution in [0.15, 0.2) is 23.0 Å². The minimum absolute atomic E-state index is 0.426. The number of benzene rings is 1. The van der Waals surface area contributed by atoms with Gasteiger partial charge >= 0.3 is 25.2 Å². The van der Waals surface area contributed by atoms with E-state index in [4.69, 9.17) is 5.73 Å². The number of pyridine rings is 1. The van der Waals surface area contributed by atoms with Gasteiger partial charge in [0.05, 0.1) is 0 Å². The van der Waals surface area contributed by atoms with E-state index in [-0.39, 0.29) is 0 Å². The Morgan fingerprint density at radius 3 is 2.00 bits per heavy atom. The van der Waals surface area contributed by atoms with E-state index in [1.807, 2.05) is 4.98 Å². The number of nitrogen functional groups attached to an aromatic ring is 1. The van der Waals surface area contributed by atoms with Gasteiger partial charge in [0.2, 0.25) is 0 Å². The lowest BCUT2D eigenvalue weighted by Crippen LogP contribution is -2.24. The number of H-pyrrole nitrogens is 1. The summed E-state index contributed by atoms with van der Waals surface area (Å²) in [5.74, 6) is -6.06. The summed E-state index contributed by atoms with van der Waals surface area (Å²) < 4.78 is 58.1. The number of hydrogen-bond donors (Lipinski definition) is 4. The van der Waals surface area contributed by atoms with Gasteiger partial charge in [0.15, 0.2) is 11.5 Å². The summed E-state index contributed by atoms with van der Waals surface area (Å²) in [6.07, 6.45) is 0. The first-order chi connectivity index (χ1) is 13.0. The minimum Gasteiger partial charge on any atom is -0.478 e. The van der Waals surface area contributed by atoms with Gasteiger partial charge in [-0.15, -0.1) is 0 Å². The van der Waals surface area contributed by atoms with Crippen LogP contribution in [-0.2, 0) is 0 Å². The number of ether oxygens (including phenoxy) is 2. The Labute approximate surface area is 151 Å². The standard InChI is InChI=1S/C15H10F4N2O7/c16-14(17)27-5-2-1-4(3-6(5)28-15(18)19)7-8(12(23)24)10(20)21-11(22)9(7)13(25)26/h1-3,14-15H,(H,23,24)(H,25,26)(H3,20,21,22). The van der Waals surface area contributed by atoms with E-state index in [1.165, 1.54) is 0 Å². The zero-order valence-corrected chi connectivity index (χ0v) is 13.4. The molecule has 2 aromatic rings. The molecule has 0 unspecified atom stereocenters. The van der Waals surface area contributed by atoms with Crippen LogP contribution in [0.3, 0.4) is 0 Å². The summed E-state index contributed by atoms with van der Waals surface area (Å²) in [7, 11) is 0. The van der Waals surface area contributed by atoms with E-state index < -0.39 is 70.3 Å². The van der Waals surface area contributed by atoms with Crippen molar-refractivity contribution < 1.29 is 46.8 Å². The second-order valence-corrected chi connectivity index (χ2v) is 5.02. The van der Waals surface area contributed by atoms with Crippen molar-refractivity contribution in [2.45, 2.75) is 13.2 Å². The van der Waals surface area contributed by atoms with Crippen molar-refractivity contribution in [2.75, 3.05) is 5.73 Å². The van der Waals surface area contributed by atoms with Crippen molar-refractivity contribution >= 4 is 17.8 Å². The highest BCUT2D eigenvalue weighted by Crippen LogP contribution is 2.37.